The number of hydrogen-bond donors (Lipinski definition) is 0. The summed E-state index contributed by atoms with van der Waals surface area (Å²) in [6.45, 7) is 2.11. The maximum absolute atomic E-state index is 6.04. The SMILES string of the molecule is CCc1nn2c(-c3ccc(Br)cc3)ccnc2c1-c1ccc(Cl)cc1. The minimum Gasteiger partial charge on any atom is -0.236 e. The Morgan fingerprint density at radius 1 is 0.960 bits per heavy atom. The molecular weight excluding hydrogens is 398 g/mol. The van der Waals surface area contributed by atoms with Crippen LogP contribution in [0.1, 0.15) is 12.6 Å². The van der Waals surface area contributed by atoms with Crippen LogP contribution in [0.5, 0.6) is 0 Å². The first-order valence-corrected chi connectivity index (χ1v) is 9.23. The van der Waals surface area contributed by atoms with Gasteiger partial charge in [0, 0.05) is 26.8 Å². The molecule has 0 amide bonds. The van der Waals surface area contributed by atoms with Crippen molar-refractivity contribution in [1.29, 1.82) is 0 Å². The van der Waals surface area contributed by atoms with Gasteiger partial charge in [0.1, 0.15) is 0 Å². The number of halogens is 2. The predicted octanol–water partition coefficient (Wildman–Crippen LogP) is 6.04. The minimum atomic E-state index is 0.724. The van der Waals surface area contributed by atoms with Crippen molar-refractivity contribution >= 4 is 33.2 Å². The standard InChI is InChI=1S/C20H15BrClN3/c1-2-17-19(14-5-9-16(22)10-6-14)20-23-12-11-18(25(20)24-17)13-3-7-15(21)8-4-13/h3-12H,2H2,1H3. The van der Waals surface area contributed by atoms with Crippen LogP contribution in [-0.2, 0) is 6.42 Å². The van der Waals surface area contributed by atoms with Gasteiger partial charge in [0.15, 0.2) is 5.65 Å². The molecular formula is C20H15BrClN3. The number of aryl methyl sites for hydroxylation is 1. The molecule has 0 aliphatic heterocycles. The van der Waals surface area contributed by atoms with Crippen LogP contribution in [0.15, 0.2) is 65.3 Å². The Balaban J connectivity index is 1.97. The zero-order valence-electron chi connectivity index (χ0n) is 13.6. The van der Waals surface area contributed by atoms with Crippen LogP contribution in [0, 0.1) is 0 Å². The van der Waals surface area contributed by atoms with Gasteiger partial charge in [-0.15, -0.1) is 0 Å². The molecule has 2 aromatic carbocycles. The average molecular weight is 413 g/mol. The Morgan fingerprint density at radius 3 is 2.32 bits per heavy atom. The molecule has 2 aromatic heterocycles. The average Bonchev–Trinajstić information content (AvgIpc) is 3.02. The summed E-state index contributed by atoms with van der Waals surface area (Å²) in [7, 11) is 0. The number of aromatic nitrogens is 3. The highest BCUT2D eigenvalue weighted by molar-refractivity contribution is 9.10. The van der Waals surface area contributed by atoms with Gasteiger partial charge in [-0.05, 0) is 42.3 Å². The van der Waals surface area contributed by atoms with Gasteiger partial charge in [0.2, 0.25) is 0 Å². The zero-order valence-corrected chi connectivity index (χ0v) is 15.9. The Kier molecular flexibility index (Phi) is 4.32. The highest BCUT2D eigenvalue weighted by atomic mass is 79.9. The molecule has 4 rings (SSSR count). The molecule has 0 unspecified atom stereocenters. The Hall–Kier alpha value is -2.17. The van der Waals surface area contributed by atoms with Crippen LogP contribution in [0.2, 0.25) is 5.02 Å². The third-order valence-electron chi connectivity index (χ3n) is 4.20. The molecule has 0 atom stereocenters. The Bertz CT molecular complexity index is 1040. The fraction of sp³-hybridized carbons (Fsp3) is 0.100. The quantitative estimate of drug-likeness (QED) is 0.410. The molecule has 5 heteroatoms. The van der Waals surface area contributed by atoms with Gasteiger partial charge >= 0.3 is 0 Å². The normalized spacial score (nSPS) is 11.2. The van der Waals surface area contributed by atoms with Crippen molar-refractivity contribution in [2.75, 3.05) is 0 Å². The molecule has 25 heavy (non-hydrogen) atoms. The molecule has 124 valence electrons. The summed E-state index contributed by atoms with van der Waals surface area (Å²) in [5.74, 6) is 0. The molecule has 0 bridgehead atoms. The van der Waals surface area contributed by atoms with E-state index in [0.717, 1.165) is 49.6 Å². The fourth-order valence-corrected chi connectivity index (χ4v) is 3.38. The number of fused-ring (bicyclic) bond motifs is 1. The van der Waals surface area contributed by atoms with E-state index in [-0.39, 0.29) is 0 Å². The lowest BCUT2D eigenvalue weighted by atomic mass is 10.0. The highest BCUT2D eigenvalue weighted by Crippen LogP contribution is 2.31. The van der Waals surface area contributed by atoms with Gasteiger partial charge in [0.05, 0.1) is 11.4 Å². The Labute approximate surface area is 159 Å². The zero-order chi connectivity index (χ0) is 17.4. The topological polar surface area (TPSA) is 30.2 Å². The van der Waals surface area contributed by atoms with Crippen LogP contribution in [0.4, 0.5) is 0 Å². The highest BCUT2D eigenvalue weighted by Gasteiger charge is 2.17. The molecule has 0 N–H and O–H groups in total. The van der Waals surface area contributed by atoms with Crippen molar-refractivity contribution in [3.8, 4) is 22.4 Å². The van der Waals surface area contributed by atoms with Gasteiger partial charge in [-0.1, -0.05) is 58.7 Å². The van der Waals surface area contributed by atoms with Crippen molar-refractivity contribution < 1.29 is 0 Å². The van der Waals surface area contributed by atoms with Crippen molar-refractivity contribution in [1.82, 2.24) is 14.6 Å². The number of rotatable bonds is 3. The molecule has 0 saturated heterocycles. The summed E-state index contributed by atoms with van der Waals surface area (Å²) in [5, 5.41) is 5.56. The third kappa shape index (κ3) is 2.96. The lowest BCUT2D eigenvalue weighted by Gasteiger charge is -2.05. The van der Waals surface area contributed by atoms with Gasteiger partial charge in [-0.2, -0.15) is 5.10 Å². The lowest BCUT2D eigenvalue weighted by Crippen LogP contribution is -1.96. The van der Waals surface area contributed by atoms with Gasteiger partial charge in [-0.25, -0.2) is 9.50 Å². The second-order valence-corrected chi connectivity index (χ2v) is 7.11. The molecule has 0 fully saturated rings. The van der Waals surface area contributed by atoms with E-state index in [2.05, 4.69) is 40.0 Å². The molecule has 0 radical (unpaired) electrons. The molecule has 0 spiro atoms. The number of nitrogens with zero attached hydrogens (tertiary/aromatic N) is 3. The van der Waals surface area contributed by atoms with E-state index in [1.54, 1.807) is 0 Å². The molecule has 0 saturated carbocycles. The second-order valence-electron chi connectivity index (χ2n) is 5.75. The predicted molar refractivity (Wildman–Crippen MR) is 106 cm³/mol. The monoisotopic (exact) mass is 411 g/mol. The van der Waals surface area contributed by atoms with E-state index in [1.165, 1.54) is 0 Å². The summed E-state index contributed by atoms with van der Waals surface area (Å²) in [4.78, 5) is 4.61. The number of hydrogen-bond acceptors (Lipinski definition) is 2. The molecule has 4 aromatic rings. The molecule has 0 aliphatic carbocycles. The van der Waals surface area contributed by atoms with Crippen molar-refractivity contribution in [2.24, 2.45) is 0 Å². The summed E-state index contributed by atoms with van der Waals surface area (Å²) in [6.07, 6.45) is 2.67. The minimum absolute atomic E-state index is 0.724. The summed E-state index contributed by atoms with van der Waals surface area (Å²) >= 11 is 9.53. The maximum Gasteiger partial charge on any atom is 0.163 e. The molecule has 0 aliphatic rings. The van der Waals surface area contributed by atoms with E-state index in [1.807, 2.05) is 53.2 Å². The summed E-state index contributed by atoms with van der Waals surface area (Å²) in [6, 6.07) is 18.1. The van der Waals surface area contributed by atoms with E-state index >= 15 is 0 Å². The van der Waals surface area contributed by atoms with Crippen LogP contribution in [0.25, 0.3) is 28.0 Å². The van der Waals surface area contributed by atoms with Gasteiger partial charge in [0.25, 0.3) is 0 Å². The summed E-state index contributed by atoms with van der Waals surface area (Å²) < 4.78 is 2.99. The first-order chi connectivity index (χ1) is 12.2. The number of benzene rings is 2. The van der Waals surface area contributed by atoms with Gasteiger partial charge in [-0.3, -0.25) is 0 Å². The van der Waals surface area contributed by atoms with Crippen LogP contribution >= 0.6 is 27.5 Å². The van der Waals surface area contributed by atoms with E-state index < -0.39 is 0 Å². The van der Waals surface area contributed by atoms with E-state index in [0.29, 0.717) is 0 Å². The van der Waals surface area contributed by atoms with Gasteiger partial charge < -0.3 is 0 Å². The van der Waals surface area contributed by atoms with Crippen LogP contribution in [0.3, 0.4) is 0 Å². The van der Waals surface area contributed by atoms with E-state index in [9.17, 15) is 0 Å². The largest absolute Gasteiger partial charge is 0.236 e. The third-order valence-corrected chi connectivity index (χ3v) is 4.98. The smallest absolute Gasteiger partial charge is 0.163 e. The van der Waals surface area contributed by atoms with Crippen molar-refractivity contribution in [3.63, 3.8) is 0 Å². The lowest BCUT2D eigenvalue weighted by molar-refractivity contribution is 0.893. The molecule has 2 heterocycles. The first-order valence-electron chi connectivity index (χ1n) is 8.06. The van der Waals surface area contributed by atoms with E-state index in [4.69, 9.17) is 16.7 Å². The van der Waals surface area contributed by atoms with Crippen LogP contribution < -0.4 is 0 Å². The van der Waals surface area contributed by atoms with Crippen molar-refractivity contribution in [2.45, 2.75) is 13.3 Å². The molecule has 3 nitrogen and oxygen atoms in total. The first kappa shape index (κ1) is 16.3. The Morgan fingerprint density at radius 2 is 1.64 bits per heavy atom. The van der Waals surface area contributed by atoms with Crippen LogP contribution in [-0.4, -0.2) is 14.6 Å². The maximum atomic E-state index is 6.04. The summed E-state index contributed by atoms with van der Waals surface area (Å²) in [5.41, 5.74) is 6.16. The van der Waals surface area contributed by atoms with Crippen molar-refractivity contribution in [3.05, 3.63) is 76.0 Å². The second kappa shape index (κ2) is 6.62. The fourth-order valence-electron chi connectivity index (χ4n) is 2.99.